The van der Waals surface area contributed by atoms with Crippen molar-refractivity contribution in [3.8, 4) is 0 Å². The number of nitrogens with two attached hydrogens (primary N) is 2. The van der Waals surface area contributed by atoms with Crippen LogP contribution < -0.4 is 26.5 Å². The smallest absolute Gasteiger partial charge is 0.276 e. The van der Waals surface area contributed by atoms with Gasteiger partial charge in [0.05, 0.1) is 17.4 Å². The number of anilines is 2. The third kappa shape index (κ3) is 4.44. The van der Waals surface area contributed by atoms with E-state index in [4.69, 9.17) is 16.3 Å². The Hall–Kier alpha value is -4.17. The summed E-state index contributed by atoms with van der Waals surface area (Å²) < 4.78 is 1.85. The third-order valence-electron chi connectivity index (χ3n) is 5.92. The Bertz CT molecular complexity index is 1500. The average Bonchev–Trinajstić information content (AvgIpc) is 3.30. The van der Waals surface area contributed by atoms with Crippen LogP contribution in [0.4, 0.5) is 10.8 Å². The lowest BCUT2D eigenvalue weighted by Crippen LogP contribution is -2.71. The number of pyridine rings is 1. The number of hydrogen-bond acceptors (Lipinski definition) is 11. The van der Waals surface area contributed by atoms with Gasteiger partial charge in [-0.15, -0.1) is 23.1 Å². The molecular weight excluding hydrogens is 518 g/mol. The van der Waals surface area contributed by atoms with Crippen LogP contribution in [0.1, 0.15) is 5.69 Å². The number of aliphatic carboxylic acids is 1. The molecule has 0 bridgehead atoms. The van der Waals surface area contributed by atoms with Gasteiger partial charge in [-0.05, 0) is 12.1 Å². The van der Waals surface area contributed by atoms with Gasteiger partial charge >= 0.3 is 0 Å². The topological polar surface area (TPSA) is 180 Å². The first kappa shape index (κ1) is 24.5. The summed E-state index contributed by atoms with van der Waals surface area (Å²) >= 11 is 2.46. The molecule has 1 unspecified atom stereocenters. The summed E-state index contributed by atoms with van der Waals surface area (Å²) in [4.78, 5) is 48.1. The van der Waals surface area contributed by atoms with Crippen LogP contribution in [0.2, 0.25) is 0 Å². The number of carbonyl (C=O) groups excluding carboxylic acids is 3. The molecule has 0 spiro atoms. The number of oxime groups is 1. The number of rotatable bonds is 7. The summed E-state index contributed by atoms with van der Waals surface area (Å²) in [5.74, 6) is -2.43. The molecule has 2 aliphatic rings. The second kappa shape index (κ2) is 9.71. The second-order valence-electron chi connectivity index (χ2n) is 8.25. The first-order valence-electron chi connectivity index (χ1n) is 11.0. The Balaban J connectivity index is 1.40. The van der Waals surface area contributed by atoms with E-state index in [-0.39, 0.29) is 28.8 Å². The van der Waals surface area contributed by atoms with Crippen LogP contribution in [0.3, 0.4) is 0 Å². The van der Waals surface area contributed by atoms with Crippen LogP contribution in [0.5, 0.6) is 0 Å². The molecule has 0 saturated carbocycles. The van der Waals surface area contributed by atoms with Gasteiger partial charge in [-0.3, -0.25) is 14.5 Å². The van der Waals surface area contributed by atoms with Crippen LogP contribution in [0.25, 0.3) is 10.9 Å². The fraction of sp³-hybridized carbons (Fsp3) is 0.217. The number of carbonyl (C=O) groups is 3. The number of para-hydroxylation sites is 1. The number of thioether (sulfide) groups is 1. The van der Waals surface area contributed by atoms with Crippen LogP contribution in [-0.2, 0) is 25.8 Å². The largest absolute Gasteiger partial charge is 0.543 e. The summed E-state index contributed by atoms with van der Waals surface area (Å²) in [6, 6.07) is 8.45. The molecule has 37 heavy (non-hydrogen) atoms. The number of aromatic nitrogens is 2. The second-order valence-corrected chi connectivity index (χ2v) is 10.2. The summed E-state index contributed by atoms with van der Waals surface area (Å²) in [5.41, 5.74) is 13.4. The van der Waals surface area contributed by atoms with Gasteiger partial charge in [-0.25, -0.2) is 4.98 Å². The molecule has 5 N–H and O–H groups in total. The first-order chi connectivity index (χ1) is 17.8. The Morgan fingerprint density at radius 2 is 2.14 bits per heavy atom. The summed E-state index contributed by atoms with van der Waals surface area (Å²) in [6.07, 6.45) is 1.72. The molecule has 1 aromatic carbocycles. The molecule has 1 fully saturated rings. The van der Waals surface area contributed by atoms with Gasteiger partial charge in [0.25, 0.3) is 11.8 Å². The number of carboxylic acids is 1. The Labute approximate surface area is 218 Å². The highest BCUT2D eigenvalue weighted by Gasteiger charge is 2.53. The molecule has 2 aliphatic heterocycles. The van der Waals surface area contributed by atoms with Crippen molar-refractivity contribution in [3.63, 3.8) is 0 Å². The maximum absolute atomic E-state index is 13.1. The van der Waals surface area contributed by atoms with Crippen molar-refractivity contribution in [2.75, 3.05) is 24.3 Å². The molecule has 0 aliphatic carbocycles. The molecule has 14 heteroatoms. The van der Waals surface area contributed by atoms with E-state index in [1.165, 1.54) is 24.3 Å². The minimum absolute atomic E-state index is 0.149. The Morgan fingerprint density at radius 3 is 2.84 bits per heavy atom. The van der Waals surface area contributed by atoms with Crippen LogP contribution in [0, 0.1) is 0 Å². The third-order valence-corrected chi connectivity index (χ3v) is 7.94. The van der Waals surface area contributed by atoms with E-state index in [0.717, 1.165) is 27.1 Å². The number of carboxylic acid groups (broad SMARTS) is 1. The fourth-order valence-electron chi connectivity index (χ4n) is 4.37. The average molecular weight is 540 g/mol. The highest BCUT2D eigenvalue weighted by molar-refractivity contribution is 8.00. The molecule has 4 heterocycles. The quantitative estimate of drug-likeness (QED) is 0.150. The zero-order valence-corrected chi connectivity index (χ0v) is 21.0. The lowest BCUT2D eigenvalue weighted by atomic mass is 10.0. The Morgan fingerprint density at radius 1 is 1.35 bits per heavy atom. The molecule has 2 atom stereocenters. The van der Waals surface area contributed by atoms with E-state index < -0.39 is 29.2 Å². The lowest BCUT2D eigenvalue weighted by molar-refractivity contribution is -0.662. The van der Waals surface area contributed by atoms with Crippen LogP contribution >= 0.6 is 23.1 Å². The molecule has 12 nitrogen and oxygen atoms in total. The highest BCUT2D eigenvalue weighted by atomic mass is 32.2. The highest BCUT2D eigenvalue weighted by Crippen LogP contribution is 2.40. The van der Waals surface area contributed by atoms with Gasteiger partial charge in [0.2, 0.25) is 5.52 Å². The normalized spacial score (nSPS) is 19.4. The SMILES string of the molecule is CON=C(C(=O)NC1C(=O)N2C(C(=O)[O-])=C(C[n+]3cc(N)cc4ccccc43)CS[C@@H]12)c1csc(N)n1. The molecule has 1 saturated heterocycles. The van der Waals surface area contributed by atoms with E-state index in [0.29, 0.717) is 17.0 Å². The van der Waals surface area contributed by atoms with E-state index in [1.807, 2.05) is 34.9 Å². The van der Waals surface area contributed by atoms with Gasteiger partial charge < -0.3 is 31.5 Å². The summed E-state index contributed by atoms with van der Waals surface area (Å²) in [7, 11) is 1.27. The van der Waals surface area contributed by atoms with Crippen LogP contribution in [0.15, 0.2) is 58.3 Å². The number of thiazole rings is 1. The number of fused-ring (bicyclic) bond motifs is 2. The van der Waals surface area contributed by atoms with Gasteiger partial charge in [-0.2, -0.15) is 4.57 Å². The number of nitrogens with one attached hydrogen (secondary N) is 1. The molecule has 5 rings (SSSR count). The van der Waals surface area contributed by atoms with Crippen molar-refractivity contribution in [2.24, 2.45) is 5.16 Å². The van der Waals surface area contributed by atoms with E-state index >= 15 is 0 Å². The van der Waals surface area contributed by atoms with Gasteiger partial charge in [0, 0.05) is 28.2 Å². The van der Waals surface area contributed by atoms with Crippen molar-refractivity contribution >= 4 is 68.3 Å². The van der Waals surface area contributed by atoms with Gasteiger partial charge in [0.1, 0.15) is 24.2 Å². The number of β-lactam (4-membered cyclic amide) rings is 1. The van der Waals surface area contributed by atoms with Crippen molar-refractivity contribution < 1.29 is 28.9 Å². The monoisotopic (exact) mass is 539 g/mol. The zero-order chi connectivity index (χ0) is 26.3. The van der Waals surface area contributed by atoms with E-state index in [1.54, 1.807) is 6.20 Å². The molecule has 3 aromatic rings. The van der Waals surface area contributed by atoms with Crippen molar-refractivity contribution in [2.45, 2.75) is 18.0 Å². The van der Waals surface area contributed by atoms with Crippen molar-refractivity contribution in [1.29, 1.82) is 0 Å². The molecular formula is C23H21N7O5S2. The van der Waals surface area contributed by atoms with Gasteiger partial charge in [-0.1, -0.05) is 17.3 Å². The number of nitrogen functional groups attached to an aromatic ring is 2. The zero-order valence-electron chi connectivity index (χ0n) is 19.4. The number of amides is 2. The predicted molar refractivity (Wildman–Crippen MR) is 136 cm³/mol. The van der Waals surface area contributed by atoms with Gasteiger partial charge in [0.15, 0.2) is 23.6 Å². The summed E-state index contributed by atoms with van der Waals surface area (Å²) in [6.45, 7) is 0.200. The van der Waals surface area contributed by atoms with Crippen LogP contribution in [-0.4, -0.2) is 57.7 Å². The minimum atomic E-state index is -1.47. The first-order valence-corrected chi connectivity index (χ1v) is 12.9. The number of nitrogens with zero attached hydrogens (tertiary/aromatic N) is 4. The fourth-order valence-corrected chi connectivity index (χ4v) is 6.25. The standard InChI is InChI=1S/C23H21N7O5S2/c1-35-28-16(14-10-37-23(25)26-14)19(31)27-17-20(32)30-18(22(33)34)12(9-36-21(17)30)7-29-8-13(24)6-11-4-2-3-5-15(11)29/h2-6,8,10,17,21H,7,9,24H2,1H3,(H3-,25,26,27,31,33,34)/t17?,21-/m0/s1. The molecule has 0 radical (unpaired) electrons. The lowest BCUT2D eigenvalue weighted by Gasteiger charge is -2.50. The maximum Gasteiger partial charge on any atom is 0.276 e. The summed E-state index contributed by atoms with van der Waals surface area (Å²) in [5, 5.41) is 20.6. The minimum Gasteiger partial charge on any atom is -0.543 e. The predicted octanol–water partition coefficient (Wildman–Crippen LogP) is -0.797. The molecule has 2 aromatic heterocycles. The van der Waals surface area contributed by atoms with E-state index in [2.05, 4.69) is 15.5 Å². The van der Waals surface area contributed by atoms with E-state index in [9.17, 15) is 19.5 Å². The Kier molecular flexibility index (Phi) is 6.43. The molecule has 2 amide bonds. The van der Waals surface area contributed by atoms with Crippen molar-refractivity contribution in [1.82, 2.24) is 15.2 Å². The number of hydrogen-bond donors (Lipinski definition) is 3. The maximum atomic E-state index is 13.1. The number of benzene rings is 1. The molecule has 190 valence electrons. The van der Waals surface area contributed by atoms with Crippen molar-refractivity contribution in [3.05, 3.63) is 58.9 Å².